The lowest BCUT2D eigenvalue weighted by atomic mass is 9.76. The standard InChI is InChI=1S/C19H23F3O7/c1-3-4-5-6-7-10-12-14-16(29-18(12)25)15(13(10)28-14)27-11(23)8-26-17(24)9(2)19(20,21)22/h10,12-16H,2-8H2,1H3. The molecule has 3 aliphatic heterocycles. The molecule has 7 nitrogen and oxygen atoms in total. The van der Waals surface area contributed by atoms with Crippen LogP contribution >= 0.6 is 0 Å². The van der Waals surface area contributed by atoms with E-state index in [4.69, 9.17) is 14.2 Å². The summed E-state index contributed by atoms with van der Waals surface area (Å²) in [6.45, 7) is 3.68. The van der Waals surface area contributed by atoms with E-state index in [9.17, 15) is 27.6 Å². The Morgan fingerprint density at radius 2 is 1.86 bits per heavy atom. The SMILES string of the molecule is C=C(C(=O)OCC(=O)OC1C2OC3C1OC(=O)C3C2CCCCCC)C(F)(F)F. The van der Waals surface area contributed by atoms with Crippen molar-refractivity contribution in [3.8, 4) is 0 Å². The topological polar surface area (TPSA) is 88.1 Å². The first kappa shape index (κ1) is 21.6. The van der Waals surface area contributed by atoms with Crippen molar-refractivity contribution in [2.45, 2.75) is 69.6 Å². The Morgan fingerprint density at radius 3 is 2.52 bits per heavy atom. The third-order valence-electron chi connectivity index (χ3n) is 5.62. The van der Waals surface area contributed by atoms with Crippen LogP contribution in [0.1, 0.15) is 39.0 Å². The van der Waals surface area contributed by atoms with Gasteiger partial charge in [0.05, 0.1) is 5.92 Å². The molecule has 3 saturated heterocycles. The maximum Gasteiger partial charge on any atom is 0.422 e. The summed E-state index contributed by atoms with van der Waals surface area (Å²) < 4.78 is 57.9. The molecule has 6 unspecified atom stereocenters. The highest BCUT2D eigenvalue weighted by atomic mass is 19.4. The Kier molecular flexibility index (Phi) is 6.21. The normalized spacial score (nSPS) is 32.2. The number of carbonyl (C=O) groups excluding carboxylic acids is 3. The predicted octanol–water partition coefficient (Wildman–Crippen LogP) is 2.47. The van der Waals surface area contributed by atoms with Crippen LogP contribution in [-0.4, -0.2) is 55.1 Å². The van der Waals surface area contributed by atoms with Crippen LogP contribution in [0.25, 0.3) is 0 Å². The van der Waals surface area contributed by atoms with Crippen LogP contribution in [0.3, 0.4) is 0 Å². The minimum atomic E-state index is -4.95. The van der Waals surface area contributed by atoms with E-state index >= 15 is 0 Å². The zero-order valence-corrected chi connectivity index (χ0v) is 15.9. The first-order chi connectivity index (χ1) is 13.6. The predicted molar refractivity (Wildman–Crippen MR) is 90.3 cm³/mol. The Morgan fingerprint density at radius 1 is 1.14 bits per heavy atom. The van der Waals surface area contributed by atoms with Crippen LogP contribution in [0.4, 0.5) is 13.2 Å². The van der Waals surface area contributed by atoms with Gasteiger partial charge in [0.1, 0.15) is 17.8 Å². The summed E-state index contributed by atoms with van der Waals surface area (Å²) in [5, 5.41) is 0. The molecule has 3 heterocycles. The number of carbonyl (C=O) groups is 3. The Bertz CT molecular complexity index is 690. The molecule has 0 spiro atoms. The van der Waals surface area contributed by atoms with Crippen LogP contribution in [0, 0.1) is 11.8 Å². The summed E-state index contributed by atoms with van der Waals surface area (Å²) in [4.78, 5) is 35.5. The summed E-state index contributed by atoms with van der Waals surface area (Å²) in [5.41, 5.74) is -1.71. The molecule has 162 valence electrons. The number of rotatable bonds is 9. The van der Waals surface area contributed by atoms with Crippen LogP contribution in [0.5, 0.6) is 0 Å². The Labute approximate surface area is 165 Å². The second kappa shape index (κ2) is 8.33. The first-order valence-electron chi connectivity index (χ1n) is 9.63. The largest absolute Gasteiger partial charge is 0.455 e. The molecule has 0 aliphatic carbocycles. The van der Waals surface area contributed by atoms with Gasteiger partial charge in [0.25, 0.3) is 0 Å². The van der Waals surface area contributed by atoms with Crippen molar-refractivity contribution in [1.82, 2.24) is 0 Å². The molecular weight excluding hydrogens is 397 g/mol. The zero-order valence-electron chi connectivity index (χ0n) is 15.9. The molecule has 10 heteroatoms. The minimum absolute atomic E-state index is 0.145. The highest BCUT2D eigenvalue weighted by molar-refractivity contribution is 5.90. The number of ether oxygens (including phenoxy) is 4. The van der Waals surface area contributed by atoms with Gasteiger partial charge in [0.15, 0.2) is 18.8 Å². The second-order valence-electron chi connectivity index (χ2n) is 7.51. The lowest BCUT2D eigenvalue weighted by Gasteiger charge is -2.28. The van der Waals surface area contributed by atoms with Gasteiger partial charge in [-0.05, 0) is 6.42 Å². The summed E-state index contributed by atoms with van der Waals surface area (Å²) in [5.74, 6) is -3.70. The summed E-state index contributed by atoms with van der Waals surface area (Å²) in [7, 11) is 0. The van der Waals surface area contributed by atoms with Crippen LogP contribution in [0.2, 0.25) is 0 Å². The highest BCUT2D eigenvalue weighted by Crippen LogP contribution is 2.52. The molecule has 0 aromatic carbocycles. The molecular formula is C19H23F3O7. The number of hydrogen-bond acceptors (Lipinski definition) is 7. The molecule has 6 atom stereocenters. The van der Waals surface area contributed by atoms with E-state index in [1.54, 1.807) is 0 Å². The van der Waals surface area contributed by atoms with Crippen molar-refractivity contribution in [2.75, 3.05) is 6.61 Å². The van der Waals surface area contributed by atoms with E-state index in [2.05, 4.69) is 18.2 Å². The molecule has 0 aromatic heterocycles. The number of esters is 3. The average molecular weight is 420 g/mol. The van der Waals surface area contributed by atoms with E-state index in [1.165, 1.54) is 0 Å². The summed E-state index contributed by atoms with van der Waals surface area (Å²) in [6.07, 6.45) is -2.78. The van der Waals surface area contributed by atoms with Gasteiger partial charge in [0.2, 0.25) is 0 Å². The summed E-state index contributed by atoms with van der Waals surface area (Å²) >= 11 is 0. The van der Waals surface area contributed by atoms with Crippen molar-refractivity contribution in [1.29, 1.82) is 0 Å². The molecule has 29 heavy (non-hydrogen) atoms. The van der Waals surface area contributed by atoms with Gasteiger partial charge in [-0.3, -0.25) is 4.79 Å². The molecule has 0 amide bonds. The van der Waals surface area contributed by atoms with Gasteiger partial charge in [-0.1, -0.05) is 39.2 Å². The van der Waals surface area contributed by atoms with Crippen LogP contribution < -0.4 is 0 Å². The molecule has 0 N–H and O–H groups in total. The van der Waals surface area contributed by atoms with Gasteiger partial charge in [-0.2, -0.15) is 13.2 Å². The fourth-order valence-corrected chi connectivity index (χ4v) is 4.25. The van der Waals surface area contributed by atoms with Gasteiger partial charge < -0.3 is 18.9 Å². The molecule has 3 fully saturated rings. The number of fused-ring (bicyclic) bond motifs is 1. The van der Waals surface area contributed by atoms with Gasteiger partial charge in [0, 0.05) is 5.92 Å². The lowest BCUT2D eigenvalue weighted by Crippen LogP contribution is -2.45. The highest BCUT2D eigenvalue weighted by Gasteiger charge is 2.69. The van der Waals surface area contributed by atoms with E-state index in [0.29, 0.717) is 0 Å². The van der Waals surface area contributed by atoms with E-state index < -0.39 is 54.7 Å². The van der Waals surface area contributed by atoms with E-state index in [1.807, 2.05) is 0 Å². The third kappa shape index (κ3) is 4.26. The number of hydrogen-bond donors (Lipinski definition) is 0. The van der Waals surface area contributed by atoms with Crippen molar-refractivity contribution in [3.05, 3.63) is 12.2 Å². The van der Waals surface area contributed by atoms with Crippen molar-refractivity contribution in [2.24, 2.45) is 11.8 Å². The molecule has 3 rings (SSSR count). The fourth-order valence-electron chi connectivity index (χ4n) is 4.25. The fraction of sp³-hybridized carbons (Fsp3) is 0.737. The number of alkyl halides is 3. The lowest BCUT2D eigenvalue weighted by molar-refractivity contribution is -0.170. The van der Waals surface area contributed by atoms with Crippen molar-refractivity contribution < 1.29 is 46.5 Å². The molecule has 3 aliphatic rings. The zero-order chi connectivity index (χ0) is 21.3. The monoisotopic (exact) mass is 420 g/mol. The number of halogens is 3. The third-order valence-corrected chi connectivity index (χ3v) is 5.62. The van der Waals surface area contributed by atoms with Crippen LogP contribution in [0.15, 0.2) is 12.2 Å². The van der Waals surface area contributed by atoms with Gasteiger partial charge in [-0.25, -0.2) is 9.59 Å². The molecule has 0 saturated carbocycles. The smallest absolute Gasteiger partial charge is 0.422 e. The Hall–Kier alpha value is -2.10. The molecule has 0 radical (unpaired) electrons. The maximum atomic E-state index is 12.4. The van der Waals surface area contributed by atoms with Crippen LogP contribution in [-0.2, 0) is 33.3 Å². The van der Waals surface area contributed by atoms with Gasteiger partial charge >= 0.3 is 24.1 Å². The second-order valence-corrected chi connectivity index (χ2v) is 7.51. The Balaban J connectivity index is 1.55. The average Bonchev–Trinajstić information content (AvgIpc) is 3.26. The minimum Gasteiger partial charge on any atom is -0.455 e. The molecule has 2 bridgehead atoms. The summed E-state index contributed by atoms with van der Waals surface area (Å²) in [6, 6.07) is 0. The number of unbranched alkanes of at least 4 members (excludes halogenated alkanes) is 3. The quantitative estimate of drug-likeness (QED) is 0.245. The van der Waals surface area contributed by atoms with Gasteiger partial charge in [-0.15, -0.1) is 0 Å². The molecule has 0 aromatic rings. The van der Waals surface area contributed by atoms with E-state index in [0.717, 1.165) is 32.1 Å². The van der Waals surface area contributed by atoms with Crippen molar-refractivity contribution >= 4 is 17.9 Å². The van der Waals surface area contributed by atoms with Crippen molar-refractivity contribution in [3.63, 3.8) is 0 Å². The maximum absolute atomic E-state index is 12.4. The first-order valence-corrected chi connectivity index (χ1v) is 9.63. The van der Waals surface area contributed by atoms with E-state index in [-0.39, 0.29) is 17.8 Å².